The van der Waals surface area contributed by atoms with Crippen molar-refractivity contribution in [2.24, 2.45) is 0 Å². The molecule has 2 fully saturated rings. The van der Waals surface area contributed by atoms with Crippen molar-refractivity contribution in [3.05, 3.63) is 35.9 Å². The summed E-state index contributed by atoms with van der Waals surface area (Å²) in [5.74, 6) is -1.59. The van der Waals surface area contributed by atoms with Crippen LogP contribution in [-0.2, 0) is 20.8 Å². The molecule has 2 N–H and O–H groups in total. The van der Waals surface area contributed by atoms with Crippen molar-refractivity contribution in [3.63, 3.8) is 0 Å². The summed E-state index contributed by atoms with van der Waals surface area (Å²) in [7, 11) is 0. The summed E-state index contributed by atoms with van der Waals surface area (Å²) in [5.41, 5.74) is -0.192. The molecule has 2 heterocycles. The number of fused-ring (bicyclic) bond motifs is 1. The highest BCUT2D eigenvalue weighted by Crippen LogP contribution is 2.54. The second kappa shape index (κ2) is 5.51. The van der Waals surface area contributed by atoms with Crippen molar-refractivity contribution >= 4 is 29.5 Å². The molecule has 24 heavy (non-hydrogen) atoms. The number of aliphatic carboxylic acids is 1. The quantitative estimate of drug-likeness (QED) is 0.800. The second-order valence-electron chi connectivity index (χ2n) is 6.94. The molecular formula is C17H20N2O4S. The summed E-state index contributed by atoms with van der Waals surface area (Å²) in [6.45, 7) is 5.30. The normalized spacial score (nSPS) is 30.5. The van der Waals surface area contributed by atoms with Crippen molar-refractivity contribution in [1.29, 1.82) is 0 Å². The molecule has 0 unspecified atom stereocenters. The van der Waals surface area contributed by atoms with Gasteiger partial charge >= 0.3 is 5.97 Å². The average Bonchev–Trinajstić information content (AvgIpc) is 2.77. The van der Waals surface area contributed by atoms with Gasteiger partial charge in [0.15, 0.2) is 0 Å². The van der Waals surface area contributed by atoms with Crippen LogP contribution in [0.4, 0.5) is 0 Å². The molecule has 2 saturated heterocycles. The number of carbonyl (C=O) groups excluding carboxylic acids is 2. The largest absolute Gasteiger partial charge is 0.480 e. The standard InChI is InChI=1S/C17H20N2O4S/c1-16(2)12(13(21)22)19-14(23)17(3,15(19)24-16)18-11(20)9-10-7-5-4-6-8-10/h4-8,12,15H,9H2,1-3H3,(H,18,20)(H,21,22)/t12-,15+,17-/m0/s1. The van der Waals surface area contributed by atoms with Crippen LogP contribution in [0, 0.1) is 0 Å². The summed E-state index contributed by atoms with van der Waals surface area (Å²) in [4.78, 5) is 37.8. The fraction of sp³-hybridized carbons (Fsp3) is 0.471. The molecule has 0 spiro atoms. The van der Waals surface area contributed by atoms with Crippen LogP contribution in [0.15, 0.2) is 30.3 Å². The highest BCUT2D eigenvalue weighted by Gasteiger charge is 2.69. The number of β-lactam (4-membered cyclic amide) rings is 1. The summed E-state index contributed by atoms with van der Waals surface area (Å²) in [5, 5.41) is 11.9. The Kier molecular flexibility index (Phi) is 3.86. The molecule has 0 saturated carbocycles. The number of thioether (sulfide) groups is 1. The lowest BCUT2D eigenvalue weighted by Crippen LogP contribution is -2.78. The molecule has 3 atom stereocenters. The third-order valence-electron chi connectivity index (χ3n) is 4.62. The highest BCUT2D eigenvalue weighted by atomic mass is 32.2. The molecule has 1 aromatic rings. The third kappa shape index (κ3) is 2.47. The SMILES string of the molecule is CC1(C)S[C@H]2N(C(=O)[C@]2(C)NC(=O)Cc2ccccc2)[C@H]1C(=O)O. The fourth-order valence-corrected chi connectivity index (χ4v) is 5.10. The van der Waals surface area contributed by atoms with Crippen LogP contribution < -0.4 is 5.32 Å². The molecule has 3 rings (SSSR count). The van der Waals surface area contributed by atoms with E-state index in [1.165, 1.54) is 16.7 Å². The molecule has 2 aliphatic heterocycles. The highest BCUT2D eigenvalue weighted by molar-refractivity contribution is 8.01. The Labute approximate surface area is 144 Å². The van der Waals surface area contributed by atoms with Gasteiger partial charge in [0.05, 0.1) is 6.42 Å². The Bertz CT molecular complexity index is 706. The Balaban J connectivity index is 1.75. The summed E-state index contributed by atoms with van der Waals surface area (Å²) in [6, 6.07) is 8.41. The maximum absolute atomic E-state index is 12.6. The van der Waals surface area contributed by atoms with Crippen LogP contribution in [0.2, 0.25) is 0 Å². The van der Waals surface area contributed by atoms with Crippen molar-refractivity contribution in [2.45, 2.75) is 48.9 Å². The van der Waals surface area contributed by atoms with Crippen molar-refractivity contribution in [3.8, 4) is 0 Å². The lowest BCUT2D eigenvalue weighted by Gasteiger charge is -2.51. The predicted molar refractivity (Wildman–Crippen MR) is 90.4 cm³/mol. The molecule has 7 heteroatoms. The Morgan fingerprint density at radius 3 is 2.46 bits per heavy atom. The van der Waals surface area contributed by atoms with Gasteiger partial charge in [-0.25, -0.2) is 4.79 Å². The van der Waals surface area contributed by atoms with Crippen molar-refractivity contribution in [2.75, 3.05) is 0 Å². The van der Waals surface area contributed by atoms with Crippen LogP contribution in [0.5, 0.6) is 0 Å². The van der Waals surface area contributed by atoms with Crippen LogP contribution in [0.25, 0.3) is 0 Å². The number of carbonyl (C=O) groups is 3. The Morgan fingerprint density at radius 1 is 1.25 bits per heavy atom. The molecule has 0 aliphatic carbocycles. The van der Waals surface area contributed by atoms with Gasteiger partial charge in [0.25, 0.3) is 5.91 Å². The van der Waals surface area contributed by atoms with Crippen molar-refractivity contribution in [1.82, 2.24) is 10.2 Å². The smallest absolute Gasteiger partial charge is 0.327 e. The van der Waals surface area contributed by atoms with Gasteiger partial charge in [-0.05, 0) is 26.3 Å². The van der Waals surface area contributed by atoms with Gasteiger partial charge in [-0.2, -0.15) is 0 Å². The van der Waals surface area contributed by atoms with Gasteiger partial charge in [-0.1, -0.05) is 30.3 Å². The molecule has 0 aromatic heterocycles. The second-order valence-corrected chi connectivity index (χ2v) is 8.67. The lowest BCUT2D eigenvalue weighted by atomic mass is 9.86. The molecule has 6 nitrogen and oxygen atoms in total. The Hall–Kier alpha value is -2.02. The van der Waals surface area contributed by atoms with Crippen LogP contribution in [-0.4, -0.2) is 49.5 Å². The molecule has 1 aromatic carbocycles. The number of benzene rings is 1. The minimum absolute atomic E-state index is 0.187. The van der Waals surface area contributed by atoms with Gasteiger partial charge in [0, 0.05) is 4.75 Å². The minimum atomic E-state index is -1.06. The first-order chi connectivity index (χ1) is 11.2. The van der Waals surface area contributed by atoms with E-state index in [0.717, 1.165) is 5.56 Å². The zero-order valence-electron chi connectivity index (χ0n) is 13.8. The number of carboxylic acids is 1. The van der Waals surface area contributed by atoms with E-state index in [2.05, 4.69) is 5.32 Å². The van der Waals surface area contributed by atoms with E-state index in [1.807, 2.05) is 44.2 Å². The van der Waals surface area contributed by atoms with Gasteiger partial charge in [-0.3, -0.25) is 9.59 Å². The molecule has 0 bridgehead atoms. The summed E-state index contributed by atoms with van der Waals surface area (Å²) < 4.78 is -0.603. The van der Waals surface area contributed by atoms with Gasteiger partial charge in [0.1, 0.15) is 17.0 Å². The number of hydrogen-bond acceptors (Lipinski definition) is 4. The van der Waals surface area contributed by atoms with E-state index in [1.54, 1.807) is 6.92 Å². The number of rotatable bonds is 4. The van der Waals surface area contributed by atoms with Gasteiger partial charge in [0.2, 0.25) is 5.91 Å². The maximum Gasteiger partial charge on any atom is 0.327 e. The van der Waals surface area contributed by atoms with Crippen LogP contribution >= 0.6 is 11.8 Å². The molecular weight excluding hydrogens is 328 g/mol. The minimum Gasteiger partial charge on any atom is -0.480 e. The predicted octanol–water partition coefficient (Wildman–Crippen LogP) is 1.25. The Morgan fingerprint density at radius 2 is 1.88 bits per heavy atom. The summed E-state index contributed by atoms with van der Waals surface area (Å²) in [6.07, 6.45) is 0.187. The topological polar surface area (TPSA) is 86.7 Å². The first-order valence-electron chi connectivity index (χ1n) is 7.75. The molecule has 0 radical (unpaired) electrons. The molecule has 2 aliphatic rings. The van der Waals surface area contributed by atoms with Crippen LogP contribution in [0.3, 0.4) is 0 Å². The zero-order chi connectivity index (χ0) is 17.7. The zero-order valence-corrected chi connectivity index (χ0v) is 14.6. The van der Waals surface area contributed by atoms with E-state index in [4.69, 9.17) is 0 Å². The molecule has 128 valence electrons. The number of hydrogen-bond donors (Lipinski definition) is 2. The van der Waals surface area contributed by atoms with E-state index in [9.17, 15) is 19.5 Å². The van der Waals surface area contributed by atoms with Gasteiger partial charge < -0.3 is 15.3 Å². The average molecular weight is 348 g/mol. The molecule has 2 amide bonds. The van der Waals surface area contributed by atoms with E-state index in [-0.39, 0.29) is 23.6 Å². The maximum atomic E-state index is 12.6. The van der Waals surface area contributed by atoms with Crippen LogP contribution in [0.1, 0.15) is 26.3 Å². The third-order valence-corrected chi connectivity index (χ3v) is 6.37. The van der Waals surface area contributed by atoms with E-state index in [0.29, 0.717) is 0 Å². The lowest BCUT2D eigenvalue weighted by molar-refractivity contribution is -0.167. The monoisotopic (exact) mass is 348 g/mol. The van der Waals surface area contributed by atoms with E-state index < -0.39 is 22.3 Å². The summed E-state index contributed by atoms with van der Waals surface area (Å²) >= 11 is 1.42. The van der Waals surface area contributed by atoms with E-state index >= 15 is 0 Å². The number of amides is 2. The fourth-order valence-electron chi connectivity index (χ4n) is 3.45. The first-order valence-corrected chi connectivity index (χ1v) is 8.63. The van der Waals surface area contributed by atoms with Crippen molar-refractivity contribution < 1.29 is 19.5 Å². The number of carboxylic acid groups (broad SMARTS) is 1. The number of nitrogens with one attached hydrogen (secondary N) is 1. The first kappa shape index (κ1) is 16.8. The number of nitrogens with zero attached hydrogens (tertiary/aromatic N) is 1. The van der Waals surface area contributed by atoms with Gasteiger partial charge in [-0.15, -0.1) is 11.8 Å².